The molecule has 1 fully saturated rings. The van der Waals surface area contributed by atoms with Crippen molar-refractivity contribution < 1.29 is 9.53 Å². The quantitative estimate of drug-likeness (QED) is 0.755. The summed E-state index contributed by atoms with van der Waals surface area (Å²) < 4.78 is 6.48. The summed E-state index contributed by atoms with van der Waals surface area (Å²) in [6.07, 6.45) is 2.04. The average molecular weight is 389 g/mol. The minimum atomic E-state index is -0.456. The van der Waals surface area contributed by atoms with Crippen LogP contribution in [0.25, 0.3) is 0 Å². The smallest absolute Gasteiger partial charge is 0.407 e. The molecule has 2 atom stereocenters. The van der Waals surface area contributed by atoms with Gasteiger partial charge in [-0.1, -0.05) is 0 Å². The highest BCUT2D eigenvalue weighted by Gasteiger charge is 2.33. The van der Waals surface area contributed by atoms with Gasteiger partial charge in [0.1, 0.15) is 5.60 Å². The summed E-state index contributed by atoms with van der Waals surface area (Å²) in [7, 11) is 0. The van der Waals surface area contributed by atoms with Gasteiger partial charge in [0.15, 0.2) is 0 Å². The van der Waals surface area contributed by atoms with Crippen molar-refractivity contribution in [3.8, 4) is 0 Å². The molecule has 124 valence electrons. The van der Waals surface area contributed by atoms with Crippen LogP contribution in [0, 0.1) is 5.92 Å². The number of carbonyl (C=O) groups excluding carboxylic acids is 1. The van der Waals surface area contributed by atoms with Gasteiger partial charge in [0, 0.05) is 33.4 Å². The van der Waals surface area contributed by atoms with E-state index in [1.54, 1.807) is 11.3 Å². The van der Waals surface area contributed by atoms with E-state index in [2.05, 4.69) is 44.9 Å². The molecule has 2 N–H and O–H groups in total. The molecule has 1 aliphatic rings. The Labute approximate surface area is 145 Å². The van der Waals surface area contributed by atoms with Gasteiger partial charge >= 0.3 is 6.09 Å². The van der Waals surface area contributed by atoms with Crippen molar-refractivity contribution in [2.45, 2.75) is 58.2 Å². The monoisotopic (exact) mass is 388 g/mol. The number of rotatable bonds is 6. The minimum Gasteiger partial charge on any atom is -0.444 e. The van der Waals surface area contributed by atoms with Gasteiger partial charge in [-0.3, -0.25) is 0 Å². The Morgan fingerprint density at radius 2 is 2.18 bits per heavy atom. The zero-order valence-electron chi connectivity index (χ0n) is 13.6. The van der Waals surface area contributed by atoms with E-state index in [1.165, 1.54) is 17.7 Å². The van der Waals surface area contributed by atoms with Crippen LogP contribution in [0.3, 0.4) is 0 Å². The Hall–Kier alpha value is -0.590. The largest absolute Gasteiger partial charge is 0.444 e. The van der Waals surface area contributed by atoms with Crippen molar-refractivity contribution in [2.24, 2.45) is 5.92 Å². The predicted octanol–water partition coefficient (Wildman–Crippen LogP) is 4.46. The van der Waals surface area contributed by atoms with Crippen LogP contribution in [0.15, 0.2) is 15.9 Å². The van der Waals surface area contributed by atoms with E-state index < -0.39 is 5.60 Å². The van der Waals surface area contributed by atoms with Crippen LogP contribution in [0.5, 0.6) is 0 Å². The van der Waals surface area contributed by atoms with Crippen LogP contribution < -0.4 is 10.6 Å². The molecule has 1 aliphatic carbocycles. The molecule has 1 aromatic rings. The van der Waals surface area contributed by atoms with Gasteiger partial charge in [-0.2, -0.15) is 0 Å². The van der Waals surface area contributed by atoms with E-state index in [1.807, 2.05) is 20.8 Å². The Morgan fingerprint density at radius 1 is 1.50 bits per heavy atom. The number of hydrogen-bond donors (Lipinski definition) is 2. The molecule has 2 rings (SSSR count). The molecule has 0 aromatic carbocycles. The first-order valence-corrected chi connectivity index (χ1v) is 9.38. The number of ether oxygens (including phenoxy) is 1. The summed E-state index contributed by atoms with van der Waals surface area (Å²) in [5, 5.41) is 8.63. The molecule has 0 aliphatic heterocycles. The summed E-state index contributed by atoms with van der Waals surface area (Å²) in [6, 6.07) is 2.55. The van der Waals surface area contributed by atoms with E-state index in [-0.39, 0.29) is 18.2 Å². The Morgan fingerprint density at radius 3 is 2.68 bits per heavy atom. The summed E-state index contributed by atoms with van der Waals surface area (Å²) in [4.78, 5) is 13.2. The molecule has 1 saturated carbocycles. The zero-order chi connectivity index (χ0) is 16.3. The summed E-state index contributed by atoms with van der Waals surface area (Å²) in [5.74, 6) is 0.572. The van der Waals surface area contributed by atoms with Crippen molar-refractivity contribution in [2.75, 3.05) is 6.54 Å². The number of thiophene rings is 1. The molecule has 0 bridgehead atoms. The molecule has 0 radical (unpaired) electrons. The molecule has 0 spiro atoms. The fourth-order valence-corrected chi connectivity index (χ4v) is 3.73. The highest BCUT2D eigenvalue weighted by molar-refractivity contribution is 9.10. The van der Waals surface area contributed by atoms with E-state index in [4.69, 9.17) is 4.74 Å². The van der Waals surface area contributed by atoms with Crippen molar-refractivity contribution >= 4 is 33.4 Å². The Kier molecular flexibility index (Phi) is 5.91. The maximum Gasteiger partial charge on any atom is 0.407 e. The fraction of sp³-hybridized carbons (Fsp3) is 0.688. The van der Waals surface area contributed by atoms with Crippen LogP contribution in [0.2, 0.25) is 0 Å². The summed E-state index contributed by atoms with van der Waals surface area (Å²) in [6.45, 7) is 8.56. The lowest BCUT2D eigenvalue weighted by Crippen LogP contribution is -2.45. The first-order valence-electron chi connectivity index (χ1n) is 7.71. The lowest BCUT2D eigenvalue weighted by Gasteiger charge is -2.25. The van der Waals surface area contributed by atoms with Gasteiger partial charge < -0.3 is 15.4 Å². The van der Waals surface area contributed by atoms with E-state index >= 15 is 0 Å². The van der Waals surface area contributed by atoms with Crippen LogP contribution in [0.4, 0.5) is 4.79 Å². The molecule has 6 heteroatoms. The topological polar surface area (TPSA) is 50.4 Å². The van der Waals surface area contributed by atoms with E-state index in [0.717, 1.165) is 11.0 Å². The number of carbonyl (C=O) groups is 1. The SMILES string of the molecule is CC(NCC(NC(=O)OC(C)(C)C)C1CC1)c1cc(Br)cs1. The first-order chi connectivity index (χ1) is 10.2. The third kappa shape index (κ3) is 5.89. The van der Waals surface area contributed by atoms with Gasteiger partial charge in [-0.25, -0.2) is 4.79 Å². The van der Waals surface area contributed by atoms with Crippen LogP contribution in [-0.2, 0) is 4.74 Å². The maximum atomic E-state index is 12.0. The lowest BCUT2D eigenvalue weighted by molar-refractivity contribution is 0.0497. The molecule has 1 heterocycles. The summed E-state index contributed by atoms with van der Waals surface area (Å²) >= 11 is 5.22. The number of hydrogen-bond acceptors (Lipinski definition) is 4. The van der Waals surface area contributed by atoms with Crippen molar-refractivity contribution in [3.63, 3.8) is 0 Å². The second kappa shape index (κ2) is 7.32. The summed E-state index contributed by atoms with van der Waals surface area (Å²) in [5.41, 5.74) is -0.456. The van der Waals surface area contributed by atoms with Crippen LogP contribution >= 0.6 is 27.3 Å². The van der Waals surface area contributed by atoms with Crippen LogP contribution in [-0.4, -0.2) is 24.3 Å². The standard InChI is InChI=1S/C16H25BrN2O2S/c1-10(14-7-12(17)9-22-14)18-8-13(11-5-6-11)19-15(20)21-16(2,3)4/h7,9-11,13,18H,5-6,8H2,1-4H3,(H,19,20). The molecular weight excluding hydrogens is 364 g/mol. The zero-order valence-corrected chi connectivity index (χ0v) is 16.0. The fourth-order valence-electron chi connectivity index (χ4n) is 2.25. The number of amides is 1. The van der Waals surface area contributed by atoms with Gasteiger partial charge in [-0.05, 0) is 68.5 Å². The normalized spacial score (nSPS) is 17.9. The van der Waals surface area contributed by atoms with Crippen LogP contribution in [0.1, 0.15) is 51.5 Å². The third-order valence-electron chi connectivity index (χ3n) is 3.55. The second-order valence-electron chi connectivity index (χ2n) is 6.89. The lowest BCUT2D eigenvalue weighted by atomic mass is 10.1. The third-order valence-corrected chi connectivity index (χ3v) is 5.43. The molecular formula is C16H25BrN2O2S. The first kappa shape index (κ1) is 17.8. The Bertz CT molecular complexity index is 508. The van der Waals surface area contributed by atoms with Gasteiger partial charge in [0.25, 0.3) is 0 Å². The molecule has 1 aromatic heterocycles. The van der Waals surface area contributed by atoms with Gasteiger partial charge in [0.05, 0.1) is 0 Å². The highest BCUT2D eigenvalue weighted by Crippen LogP contribution is 2.33. The number of nitrogens with one attached hydrogen (secondary N) is 2. The van der Waals surface area contributed by atoms with Gasteiger partial charge in [-0.15, -0.1) is 11.3 Å². The van der Waals surface area contributed by atoms with Crippen molar-refractivity contribution in [1.29, 1.82) is 0 Å². The number of alkyl carbamates (subject to hydrolysis) is 1. The molecule has 0 saturated heterocycles. The molecule has 2 unspecified atom stereocenters. The maximum absolute atomic E-state index is 12.0. The Balaban J connectivity index is 1.83. The second-order valence-corrected chi connectivity index (χ2v) is 8.75. The molecule has 4 nitrogen and oxygen atoms in total. The minimum absolute atomic E-state index is 0.140. The molecule has 22 heavy (non-hydrogen) atoms. The van der Waals surface area contributed by atoms with Crippen molar-refractivity contribution in [3.05, 3.63) is 20.8 Å². The van der Waals surface area contributed by atoms with Gasteiger partial charge in [0.2, 0.25) is 0 Å². The predicted molar refractivity (Wildman–Crippen MR) is 94.3 cm³/mol. The average Bonchev–Trinajstić information content (AvgIpc) is 3.14. The highest BCUT2D eigenvalue weighted by atomic mass is 79.9. The van der Waals surface area contributed by atoms with E-state index in [9.17, 15) is 4.79 Å². The molecule has 1 amide bonds. The van der Waals surface area contributed by atoms with Crippen molar-refractivity contribution in [1.82, 2.24) is 10.6 Å². The van der Waals surface area contributed by atoms with E-state index in [0.29, 0.717) is 5.92 Å². The number of halogens is 1.